The summed E-state index contributed by atoms with van der Waals surface area (Å²) in [6.45, 7) is 2.54. The molecule has 1 aromatic rings. The molecule has 1 aliphatic rings. The summed E-state index contributed by atoms with van der Waals surface area (Å²) >= 11 is 0. The van der Waals surface area contributed by atoms with Crippen molar-refractivity contribution < 1.29 is 18.4 Å². The molecule has 1 fully saturated rings. The van der Waals surface area contributed by atoms with Crippen LogP contribution in [0.1, 0.15) is 19.8 Å². The molecule has 0 spiro atoms. The molecule has 1 aromatic carbocycles. The highest BCUT2D eigenvalue weighted by atomic mass is 19.1. The van der Waals surface area contributed by atoms with E-state index < -0.39 is 17.6 Å². The largest absolute Gasteiger partial charge is 0.369 e. The second-order valence-electron chi connectivity index (χ2n) is 5.19. The van der Waals surface area contributed by atoms with Crippen molar-refractivity contribution in [2.75, 3.05) is 18.0 Å². The lowest BCUT2D eigenvalue weighted by atomic mass is 9.83. The first kappa shape index (κ1) is 14.6. The predicted molar refractivity (Wildman–Crippen MR) is 71.5 cm³/mol. The van der Waals surface area contributed by atoms with E-state index in [-0.39, 0.29) is 11.7 Å². The van der Waals surface area contributed by atoms with Crippen LogP contribution >= 0.6 is 0 Å². The summed E-state index contributed by atoms with van der Waals surface area (Å²) < 4.78 is 26.6. The zero-order valence-corrected chi connectivity index (χ0v) is 11.3. The van der Waals surface area contributed by atoms with Crippen molar-refractivity contribution in [1.82, 2.24) is 0 Å². The smallest absolute Gasteiger partial charge is 0.149 e. The van der Waals surface area contributed by atoms with Crippen LogP contribution in [0.25, 0.3) is 0 Å². The van der Waals surface area contributed by atoms with E-state index in [9.17, 15) is 18.4 Å². The average molecular weight is 281 g/mol. The maximum atomic E-state index is 13.7. The quantitative estimate of drug-likeness (QED) is 0.629. The molecule has 0 saturated carbocycles. The molecule has 1 atom stereocenters. The number of hydrogen-bond acceptors (Lipinski definition) is 3. The predicted octanol–water partition coefficient (Wildman–Crippen LogP) is 2.59. The number of aldehydes is 1. The van der Waals surface area contributed by atoms with E-state index in [1.807, 2.05) is 4.90 Å². The summed E-state index contributed by atoms with van der Waals surface area (Å²) in [4.78, 5) is 24.2. The topological polar surface area (TPSA) is 37.4 Å². The number of Topliss-reactive ketones (excluding diaryl/α,β-unsaturated/α-hetero) is 1. The highest BCUT2D eigenvalue weighted by Crippen LogP contribution is 2.29. The van der Waals surface area contributed by atoms with E-state index in [1.54, 1.807) is 0 Å². The molecule has 3 nitrogen and oxygen atoms in total. The number of nitrogens with zero attached hydrogens (tertiary/aromatic N) is 1. The van der Waals surface area contributed by atoms with Crippen molar-refractivity contribution in [2.24, 2.45) is 11.8 Å². The molecule has 0 aliphatic carbocycles. The Morgan fingerprint density at radius 3 is 2.50 bits per heavy atom. The number of ketones is 1. The van der Waals surface area contributed by atoms with Crippen LogP contribution in [0.2, 0.25) is 0 Å². The van der Waals surface area contributed by atoms with Crippen molar-refractivity contribution in [3.05, 3.63) is 29.8 Å². The van der Waals surface area contributed by atoms with Gasteiger partial charge in [-0.3, -0.25) is 4.79 Å². The number of hydrogen-bond donors (Lipinski definition) is 0. The fourth-order valence-electron chi connectivity index (χ4n) is 2.78. The van der Waals surface area contributed by atoms with Gasteiger partial charge in [0.25, 0.3) is 0 Å². The van der Waals surface area contributed by atoms with Crippen LogP contribution in [0.15, 0.2) is 18.2 Å². The first-order chi connectivity index (χ1) is 9.52. The minimum atomic E-state index is -0.598. The van der Waals surface area contributed by atoms with Gasteiger partial charge < -0.3 is 9.69 Å². The summed E-state index contributed by atoms with van der Waals surface area (Å²) in [7, 11) is 0. The molecule has 0 amide bonds. The Labute approximate surface area is 116 Å². The Hall–Kier alpha value is -1.78. The minimum Gasteiger partial charge on any atom is -0.369 e. The van der Waals surface area contributed by atoms with Crippen molar-refractivity contribution in [3.8, 4) is 0 Å². The SMILES string of the molecule is CC(=O)C(C=O)C1CCN(c2ccc(F)cc2F)CC1. The third kappa shape index (κ3) is 3.03. The monoisotopic (exact) mass is 281 g/mol. The first-order valence-corrected chi connectivity index (χ1v) is 6.68. The second-order valence-corrected chi connectivity index (χ2v) is 5.19. The molecule has 1 aliphatic heterocycles. The number of carbonyl (C=O) groups is 2. The Bertz CT molecular complexity index is 511. The minimum absolute atomic E-state index is 0.0183. The molecule has 2 rings (SSSR count). The highest BCUT2D eigenvalue weighted by Gasteiger charge is 2.29. The number of rotatable bonds is 4. The molecule has 108 valence electrons. The van der Waals surface area contributed by atoms with E-state index in [2.05, 4.69) is 0 Å². The number of anilines is 1. The van der Waals surface area contributed by atoms with Crippen LogP contribution in [0.4, 0.5) is 14.5 Å². The van der Waals surface area contributed by atoms with Gasteiger partial charge in [0.2, 0.25) is 0 Å². The van der Waals surface area contributed by atoms with Gasteiger partial charge in [-0.1, -0.05) is 0 Å². The third-order valence-electron chi connectivity index (χ3n) is 3.91. The number of benzene rings is 1. The van der Waals surface area contributed by atoms with Gasteiger partial charge in [-0.05, 0) is 37.8 Å². The number of halogens is 2. The molecular formula is C15H17F2NO2. The molecule has 0 N–H and O–H groups in total. The lowest BCUT2D eigenvalue weighted by molar-refractivity contribution is -0.128. The fourth-order valence-corrected chi connectivity index (χ4v) is 2.78. The van der Waals surface area contributed by atoms with E-state index >= 15 is 0 Å². The van der Waals surface area contributed by atoms with E-state index in [0.717, 1.165) is 6.07 Å². The van der Waals surface area contributed by atoms with Crippen LogP contribution in [0.3, 0.4) is 0 Å². The zero-order chi connectivity index (χ0) is 14.7. The van der Waals surface area contributed by atoms with Gasteiger partial charge in [0.15, 0.2) is 0 Å². The van der Waals surface area contributed by atoms with Crippen molar-refractivity contribution in [2.45, 2.75) is 19.8 Å². The Kier molecular flexibility index (Phi) is 4.47. The average Bonchev–Trinajstić information content (AvgIpc) is 2.40. The lowest BCUT2D eigenvalue weighted by Crippen LogP contribution is -2.38. The first-order valence-electron chi connectivity index (χ1n) is 6.68. The second kappa shape index (κ2) is 6.11. The molecule has 1 saturated heterocycles. The molecule has 20 heavy (non-hydrogen) atoms. The van der Waals surface area contributed by atoms with Crippen LogP contribution in [-0.2, 0) is 9.59 Å². The van der Waals surface area contributed by atoms with E-state index in [4.69, 9.17) is 0 Å². The van der Waals surface area contributed by atoms with Crippen molar-refractivity contribution in [3.63, 3.8) is 0 Å². The number of piperidine rings is 1. The number of carbonyl (C=O) groups excluding carboxylic acids is 2. The Balaban J connectivity index is 2.04. The maximum Gasteiger partial charge on any atom is 0.149 e. The Morgan fingerprint density at radius 2 is 2.00 bits per heavy atom. The van der Waals surface area contributed by atoms with Gasteiger partial charge in [0.1, 0.15) is 23.7 Å². The van der Waals surface area contributed by atoms with E-state index in [0.29, 0.717) is 37.9 Å². The van der Waals surface area contributed by atoms with E-state index in [1.165, 1.54) is 19.1 Å². The molecule has 1 heterocycles. The Morgan fingerprint density at radius 1 is 1.35 bits per heavy atom. The van der Waals surface area contributed by atoms with Crippen molar-refractivity contribution in [1.29, 1.82) is 0 Å². The zero-order valence-electron chi connectivity index (χ0n) is 11.3. The molecule has 0 bridgehead atoms. The molecule has 0 radical (unpaired) electrons. The van der Waals surface area contributed by atoms with Crippen LogP contribution in [0.5, 0.6) is 0 Å². The summed E-state index contributed by atoms with van der Waals surface area (Å²) in [5.41, 5.74) is 0.371. The summed E-state index contributed by atoms with van der Waals surface area (Å²) in [5, 5.41) is 0. The third-order valence-corrected chi connectivity index (χ3v) is 3.91. The van der Waals surface area contributed by atoms with Gasteiger partial charge in [-0.25, -0.2) is 8.78 Å². The van der Waals surface area contributed by atoms with Gasteiger partial charge in [-0.15, -0.1) is 0 Å². The van der Waals surface area contributed by atoms with Gasteiger partial charge in [-0.2, -0.15) is 0 Å². The molecule has 0 aromatic heterocycles. The van der Waals surface area contributed by atoms with Crippen LogP contribution < -0.4 is 4.90 Å². The lowest BCUT2D eigenvalue weighted by Gasteiger charge is -2.35. The van der Waals surface area contributed by atoms with Gasteiger partial charge >= 0.3 is 0 Å². The highest BCUT2D eigenvalue weighted by molar-refractivity contribution is 5.91. The summed E-state index contributed by atoms with van der Waals surface area (Å²) in [6, 6.07) is 3.52. The van der Waals surface area contributed by atoms with Crippen LogP contribution in [-0.4, -0.2) is 25.2 Å². The molecule has 1 unspecified atom stereocenters. The standard InChI is InChI=1S/C15H17F2NO2/c1-10(20)13(9-19)11-4-6-18(7-5-11)15-3-2-12(16)8-14(15)17/h2-3,8-9,11,13H,4-7H2,1H3. The fraction of sp³-hybridized carbons (Fsp3) is 0.467. The van der Waals surface area contributed by atoms with Crippen LogP contribution in [0, 0.1) is 23.5 Å². The molecule has 5 heteroatoms. The molecular weight excluding hydrogens is 264 g/mol. The summed E-state index contributed by atoms with van der Waals surface area (Å²) in [6.07, 6.45) is 2.01. The summed E-state index contributed by atoms with van der Waals surface area (Å²) in [5.74, 6) is -1.84. The normalized spacial score (nSPS) is 17.9. The van der Waals surface area contributed by atoms with Gasteiger partial charge in [0, 0.05) is 19.2 Å². The van der Waals surface area contributed by atoms with Crippen molar-refractivity contribution >= 4 is 17.8 Å². The maximum absolute atomic E-state index is 13.7. The van der Waals surface area contributed by atoms with Gasteiger partial charge in [0.05, 0.1) is 11.6 Å².